The van der Waals surface area contributed by atoms with Crippen LogP contribution in [-0.4, -0.2) is 21.9 Å². The minimum atomic E-state index is -4.06. The highest BCUT2D eigenvalue weighted by Crippen LogP contribution is 2.30. The summed E-state index contributed by atoms with van der Waals surface area (Å²) in [5.74, 6) is -0.411. The van der Waals surface area contributed by atoms with Crippen LogP contribution in [0, 0.1) is 13.8 Å². The fourth-order valence-electron chi connectivity index (χ4n) is 2.73. The number of hydrogen-bond acceptors (Lipinski definition) is 5. The molecule has 0 unspecified atom stereocenters. The van der Waals surface area contributed by atoms with Gasteiger partial charge in [0.1, 0.15) is 5.75 Å². The van der Waals surface area contributed by atoms with Gasteiger partial charge in [-0.15, -0.1) is 0 Å². The molecular formula is C20H19ClN2O5S2. The molecule has 0 aromatic heterocycles. The van der Waals surface area contributed by atoms with Crippen molar-refractivity contribution in [3.05, 3.63) is 76.8 Å². The first kappa shape index (κ1) is 21.9. The maximum absolute atomic E-state index is 12.8. The molecule has 0 aliphatic carbocycles. The van der Waals surface area contributed by atoms with Crippen LogP contribution >= 0.6 is 11.6 Å². The van der Waals surface area contributed by atoms with Crippen molar-refractivity contribution in [2.45, 2.75) is 23.6 Å². The SMILES string of the molecule is Cc1ccc(C)c(S(=O)(=O)Nc2cc(S(=O)(=O)Nc3cccc(Cl)c3)ccc2O)c1. The number of aryl methyl sites for hydroxylation is 2. The summed E-state index contributed by atoms with van der Waals surface area (Å²) in [6.45, 7) is 3.40. The summed E-state index contributed by atoms with van der Waals surface area (Å²) in [5, 5.41) is 10.5. The number of aromatic hydroxyl groups is 1. The Morgan fingerprint density at radius 2 is 1.57 bits per heavy atom. The quantitative estimate of drug-likeness (QED) is 0.470. The molecule has 3 aromatic rings. The van der Waals surface area contributed by atoms with Crippen molar-refractivity contribution in [1.82, 2.24) is 0 Å². The Hall–Kier alpha value is -2.75. The van der Waals surface area contributed by atoms with E-state index in [1.807, 2.05) is 0 Å². The van der Waals surface area contributed by atoms with Crippen molar-refractivity contribution in [1.29, 1.82) is 0 Å². The largest absolute Gasteiger partial charge is 0.506 e. The smallest absolute Gasteiger partial charge is 0.262 e. The lowest BCUT2D eigenvalue weighted by Gasteiger charge is -2.14. The lowest BCUT2D eigenvalue weighted by atomic mass is 10.2. The van der Waals surface area contributed by atoms with Crippen LogP contribution in [0.4, 0.5) is 11.4 Å². The van der Waals surface area contributed by atoms with Crippen molar-refractivity contribution < 1.29 is 21.9 Å². The van der Waals surface area contributed by atoms with Crippen molar-refractivity contribution in [2.75, 3.05) is 9.44 Å². The van der Waals surface area contributed by atoms with Gasteiger partial charge in [0.2, 0.25) is 0 Å². The van der Waals surface area contributed by atoms with Gasteiger partial charge >= 0.3 is 0 Å². The predicted octanol–water partition coefficient (Wildman–Crippen LogP) is 4.26. The standard InChI is InChI=1S/C20H19ClN2O5S2/c1-13-6-7-14(2)20(10-13)30(27,28)23-18-12-17(8-9-19(18)24)29(25,26)22-16-5-3-4-15(21)11-16/h3-12,22-24H,1-2H3. The highest BCUT2D eigenvalue weighted by Gasteiger charge is 2.22. The van der Waals surface area contributed by atoms with Crippen LogP contribution in [0.2, 0.25) is 5.02 Å². The second-order valence-electron chi connectivity index (χ2n) is 6.67. The van der Waals surface area contributed by atoms with E-state index < -0.39 is 25.8 Å². The van der Waals surface area contributed by atoms with Crippen LogP contribution in [-0.2, 0) is 20.0 Å². The molecule has 0 bridgehead atoms. The normalized spacial score (nSPS) is 11.8. The van der Waals surface area contributed by atoms with Gasteiger partial charge in [0, 0.05) is 5.02 Å². The minimum Gasteiger partial charge on any atom is -0.506 e. The number of nitrogens with one attached hydrogen (secondary N) is 2. The van der Waals surface area contributed by atoms with E-state index in [1.165, 1.54) is 18.2 Å². The van der Waals surface area contributed by atoms with E-state index in [4.69, 9.17) is 11.6 Å². The fraction of sp³-hybridized carbons (Fsp3) is 0.100. The lowest BCUT2D eigenvalue weighted by Crippen LogP contribution is -2.16. The molecule has 10 heteroatoms. The fourth-order valence-corrected chi connectivity index (χ4v) is 5.39. The Morgan fingerprint density at radius 3 is 2.27 bits per heavy atom. The molecule has 0 atom stereocenters. The molecule has 3 aromatic carbocycles. The first-order valence-electron chi connectivity index (χ1n) is 8.69. The van der Waals surface area contributed by atoms with Gasteiger partial charge in [-0.1, -0.05) is 29.8 Å². The van der Waals surface area contributed by atoms with E-state index in [0.29, 0.717) is 10.6 Å². The summed E-state index contributed by atoms with van der Waals surface area (Å²) in [5.41, 5.74) is 1.24. The zero-order chi connectivity index (χ0) is 22.1. The topological polar surface area (TPSA) is 113 Å². The van der Waals surface area contributed by atoms with E-state index in [-0.39, 0.29) is 21.2 Å². The maximum Gasteiger partial charge on any atom is 0.262 e. The third-order valence-electron chi connectivity index (χ3n) is 4.23. The van der Waals surface area contributed by atoms with Crippen LogP contribution < -0.4 is 9.44 Å². The molecule has 0 aliphatic heterocycles. The van der Waals surface area contributed by atoms with Crippen LogP contribution in [0.3, 0.4) is 0 Å². The molecule has 0 saturated heterocycles. The van der Waals surface area contributed by atoms with Gasteiger partial charge < -0.3 is 5.11 Å². The number of sulfonamides is 2. The second-order valence-corrected chi connectivity index (χ2v) is 10.4. The van der Waals surface area contributed by atoms with Gasteiger partial charge in [0.25, 0.3) is 20.0 Å². The van der Waals surface area contributed by atoms with Crippen LogP contribution in [0.25, 0.3) is 0 Å². The van der Waals surface area contributed by atoms with Crippen LogP contribution in [0.1, 0.15) is 11.1 Å². The van der Waals surface area contributed by atoms with Crippen molar-refractivity contribution in [2.24, 2.45) is 0 Å². The molecule has 158 valence electrons. The van der Waals surface area contributed by atoms with Crippen LogP contribution in [0.15, 0.2) is 70.5 Å². The molecule has 0 heterocycles. The highest BCUT2D eigenvalue weighted by atomic mass is 35.5. The molecule has 7 nitrogen and oxygen atoms in total. The second kappa shape index (κ2) is 8.17. The molecule has 0 amide bonds. The average molecular weight is 467 g/mol. The van der Waals surface area contributed by atoms with Gasteiger partial charge in [-0.2, -0.15) is 0 Å². The van der Waals surface area contributed by atoms with E-state index in [2.05, 4.69) is 9.44 Å². The van der Waals surface area contributed by atoms with E-state index in [0.717, 1.165) is 23.8 Å². The number of halogens is 1. The van der Waals surface area contributed by atoms with E-state index in [9.17, 15) is 21.9 Å². The molecule has 0 aliphatic rings. The maximum atomic E-state index is 12.8. The monoisotopic (exact) mass is 466 g/mol. The number of rotatable bonds is 6. The average Bonchev–Trinajstić information content (AvgIpc) is 2.64. The number of anilines is 2. The molecular weight excluding hydrogens is 448 g/mol. The summed E-state index contributed by atoms with van der Waals surface area (Å²) < 4.78 is 55.7. The molecule has 3 rings (SSSR count). The highest BCUT2D eigenvalue weighted by molar-refractivity contribution is 7.93. The molecule has 30 heavy (non-hydrogen) atoms. The summed E-state index contributed by atoms with van der Waals surface area (Å²) >= 11 is 5.88. The zero-order valence-corrected chi connectivity index (χ0v) is 18.4. The number of benzene rings is 3. The Morgan fingerprint density at radius 1 is 0.833 bits per heavy atom. The summed E-state index contributed by atoms with van der Waals surface area (Å²) in [4.78, 5) is -0.203. The molecule has 0 fully saturated rings. The third kappa shape index (κ3) is 4.86. The Bertz CT molecular complexity index is 1320. The first-order valence-corrected chi connectivity index (χ1v) is 12.0. The number of hydrogen-bond donors (Lipinski definition) is 3. The Kier molecular flexibility index (Phi) is 5.98. The van der Waals surface area contributed by atoms with E-state index in [1.54, 1.807) is 38.1 Å². The predicted molar refractivity (Wildman–Crippen MR) is 117 cm³/mol. The summed E-state index contributed by atoms with van der Waals surface area (Å²) in [6, 6.07) is 14.4. The molecule has 0 radical (unpaired) electrons. The number of phenolic OH excluding ortho intramolecular Hbond substituents is 1. The van der Waals surface area contributed by atoms with Crippen molar-refractivity contribution >= 4 is 43.0 Å². The zero-order valence-electron chi connectivity index (χ0n) is 16.0. The van der Waals surface area contributed by atoms with Gasteiger partial charge in [0.15, 0.2) is 0 Å². The van der Waals surface area contributed by atoms with Gasteiger partial charge in [0.05, 0.1) is 21.2 Å². The van der Waals surface area contributed by atoms with Crippen molar-refractivity contribution in [3.8, 4) is 5.75 Å². The van der Waals surface area contributed by atoms with Crippen LogP contribution in [0.5, 0.6) is 5.75 Å². The minimum absolute atomic E-state index is 0.0345. The van der Waals surface area contributed by atoms with Gasteiger partial charge in [-0.3, -0.25) is 9.44 Å². The Labute approximate surface area is 180 Å². The summed E-state index contributed by atoms with van der Waals surface area (Å²) in [7, 11) is -8.12. The van der Waals surface area contributed by atoms with Gasteiger partial charge in [-0.05, 0) is 67.4 Å². The lowest BCUT2D eigenvalue weighted by molar-refractivity contribution is 0.477. The number of phenols is 1. The molecule has 3 N–H and O–H groups in total. The third-order valence-corrected chi connectivity index (χ3v) is 7.35. The van der Waals surface area contributed by atoms with Crippen molar-refractivity contribution in [3.63, 3.8) is 0 Å². The first-order chi connectivity index (χ1) is 14.0. The molecule has 0 spiro atoms. The Balaban J connectivity index is 1.96. The summed E-state index contributed by atoms with van der Waals surface area (Å²) in [6.07, 6.45) is 0. The van der Waals surface area contributed by atoms with Gasteiger partial charge in [-0.25, -0.2) is 16.8 Å². The van der Waals surface area contributed by atoms with E-state index >= 15 is 0 Å². The molecule has 0 saturated carbocycles.